The maximum atomic E-state index is 13.2. The highest BCUT2D eigenvalue weighted by Crippen LogP contribution is 2.11. The van der Waals surface area contributed by atoms with E-state index in [1.165, 1.54) is 6.07 Å². The Kier molecular flexibility index (Phi) is 6.79. The van der Waals surface area contributed by atoms with Gasteiger partial charge in [0.2, 0.25) is 11.8 Å². The maximum absolute atomic E-state index is 13.2. The van der Waals surface area contributed by atoms with Gasteiger partial charge in [-0.25, -0.2) is 8.78 Å². The summed E-state index contributed by atoms with van der Waals surface area (Å²) in [6.07, 6.45) is 0.717. The molecule has 0 bridgehead atoms. The number of amides is 2. The van der Waals surface area contributed by atoms with Crippen LogP contribution in [0.1, 0.15) is 31.1 Å². The first-order chi connectivity index (χ1) is 12.4. The Morgan fingerprint density at radius 2 is 1.92 bits per heavy atom. The van der Waals surface area contributed by atoms with Gasteiger partial charge in [-0.15, -0.1) is 0 Å². The average Bonchev–Trinajstić information content (AvgIpc) is 3.01. The highest BCUT2D eigenvalue weighted by molar-refractivity contribution is 5.96. The first kappa shape index (κ1) is 19.5. The normalized spacial score (nSPS) is 11.8. The monoisotopic (exact) mass is 367 g/mol. The lowest BCUT2D eigenvalue weighted by molar-refractivity contribution is -0.126. The lowest BCUT2D eigenvalue weighted by Gasteiger charge is -2.17. The topological polar surface area (TPSA) is 104 Å². The number of aromatic nitrogens is 1. The predicted octanol–water partition coefficient (Wildman–Crippen LogP) is 1.91. The van der Waals surface area contributed by atoms with Gasteiger partial charge < -0.3 is 20.3 Å². The molecule has 2 amide bonds. The highest BCUT2D eigenvalue weighted by Gasteiger charge is 2.21. The molecular formula is C17H19F2N3O4. The van der Waals surface area contributed by atoms with Crippen LogP contribution >= 0.6 is 0 Å². The van der Waals surface area contributed by atoms with Gasteiger partial charge in [0.05, 0.1) is 6.42 Å². The minimum Gasteiger partial charge on any atom is -0.388 e. The number of hydrogen-bond acceptors (Lipinski definition) is 5. The van der Waals surface area contributed by atoms with Crippen molar-refractivity contribution in [1.29, 1.82) is 0 Å². The van der Waals surface area contributed by atoms with E-state index in [1.807, 2.05) is 6.92 Å². The lowest BCUT2D eigenvalue weighted by Crippen LogP contribution is -2.44. The summed E-state index contributed by atoms with van der Waals surface area (Å²) in [6, 6.07) is 3.35. The second kappa shape index (κ2) is 9.04. The van der Waals surface area contributed by atoms with E-state index in [0.29, 0.717) is 18.9 Å². The molecule has 2 rings (SSSR count). The molecule has 3 N–H and O–H groups in total. The standard InChI is InChI=1S/C17H19F2N3O4/c1-2-3-14(17(25)21-15-8-13(9-23)26-22-15)20-16(24)6-10-4-11(18)7-12(19)5-10/h4-5,7-8,14,23H,2-3,6,9H2,1H3,(H,20,24)(H,21,22,25). The van der Waals surface area contributed by atoms with Crippen LogP contribution in [0.2, 0.25) is 0 Å². The summed E-state index contributed by atoms with van der Waals surface area (Å²) in [7, 11) is 0. The smallest absolute Gasteiger partial charge is 0.248 e. The Balaban J connectivity index is 1.99. The molecule has 0 radical (unpaired) electrons. The number of hydrogen-bond donors (Lipinski definition) is 3. The molecule has 0 aliphatic carbocycles. The molecule has 0 aliphatic rings. The fraction of sp³-hybridized carbons (Fsp3) is 0.353. The molecule has 0 saturated carbocycles. The fourth-order valence-electron chi connectivity index (χ4n) is 2.36. The zero-order valence-corrected chi connectivity index (χ0v) is 14.1. The molecule has 0 spiro atoms. The summed E-state index contributed by atoms with van der Waals surface area (Å²) >= 11 is 0. The number of rotatable bonds is 8. The third-order valence-corrected chi connectivity index (χ3v) is 3.48. The SMILES string of the molecule is CCCC(NC(=O)Cc1cc(F)cc(F)c1)C(=O)Nc1cc(CO)on1. The van der Waals surface area contributed by atoms with Crippen LogP contribution in [0.15, 0.2) is 28.8 Å². The maximum Gasteiger partial charge on any atom is 0.248 e. The van der Waals surface area contributed by atoms with Gasteiger partial charge in [0.1, 0.15) is 24.3 Å². The summed E-state index contributed by atoms with van der Waals surface area (Å²) in [5.74, 6) is -2.31. The van der Waals surface area contributed by atoms with Crippen LogP contribution in [0, 0.1) is 11.6 Å². The van der Waals surface area contributed by atoms with Gasteiger partial charge in [-0.2, -0.15) is 0 Å². The van der Waals surface area contributed by atoms with E-state index in [2.05, 4.69) is 15.8 Å². The highest BCUT2D eigenvalue weighted by atomic mass is 19.1. The van der Waals surface area contributed by atoms with Gasteiger partial charge in [-0.3, -0.25) is 9.59 Å². The minimum absolute atomic E-state index is 0.113. The third-order valence-electron chi connectivity index (χ3n) is 3.48. The van der Waals surface area contributed by atoms with Crippen molar-refractivity contribution in [3.05, 3.63) is 47.2 Å². The van der Waals surface area contributed by atoms with Crippen molar-refractivity contribution in [3.63, 3.8) is 0 Å². The number of aliphatic hydroxyl groups is 1. The predicted molar refractivity (Wildman–Crippen MR) is 88.0 cm³/mol. The van der Waals surface area contributed by atoms with E-state index < -0.39 is 29.5 Å². The van der Waals surface area contributed by atoms with E-state index >= 15 is 0 Å². The molecule has 1 atom stereocenters. The number of aliphatic hydroxyl groups excluding tert-OH is 1. The quantitative estimate of drug-likeness (QED) is 0.661. The van der Waals surface area contributed by atoms with E-state index in [0.717, 1.165) is 12.1 Å². The molecule has 7 nitrogen and oxygen atoms in total. The second-order valence-electron chi connectivity index (χ2n) is 5.69. The number of nitrogens with one attached hydrogen (secondary N) is 2. The van der Waals surface area contributed by atoms with Gasteiger partial charge >= 0.3 is 0 Å². The largest absolute Gasteiger partial charge is 0.388 e. The summed E-state index contributed by atoms with van der Waals surface area (Å²) in [5.41, 5.74) is 0.166. The molecular weight excluding hydrogens is 348 g/mol. The number of carbonyl (C=O) groups is 2. The lowest BCUT2D eigenvalue weighted by atomic mass is 10.1. The van der Waals surface area contributed by atoms with Crippen molar-refractivity contribution in [2.75, 3.05) is 5.32 Å². The zero-order valence-electron chi connectivity index (χ0n) is 14.1. The van der Waals surface area contributed by atoms with Crippen LogP contribution in [0.4, 0.5) is 14.6 Å². The van der Waals surface area contributed by atoms with E-state index in [1.54, 1.807) is 0 Å². The molecule has 1 aromatic carbocycles. The summed E-state index contributed by atoms with van der Waals surface area (Å²) in [6.45, 7) is 1.48. The van der Waals surface area contributed by atoms with Crippen LogP contribution in [0.5, 0.6) is 0 Å². The van der Waals surface area contributed by atoms with Crippen molar-refractivity contribution in [2.45, 2.75) is 38.8 Å². The molecule has 0 fully saturated rings. The summed E-state index contributed by atoms with van der Waals surface area (Å²) < 4.78 is 31.2. The van der Waals surface area contributed by atoms with Crippen LogP contribution in [0.3, 0.4) is 0 Å². The fourth-order valence-corrected chi connectivity index (χ4v) is 2.36. The Hall–Kier alpha value is -2.81. The van der Waals surface area contributed by atoms with Crippen LogP contribution < -0.4 is 10.6 Å². The van der Waals surface area contributed by atoms with Gasteiger partial charge in [0, 0.05) is 12.1 Å². The second-order valence-corrected chi connectivity index (χ2v) is 5.69. The van der Waals surface area contributed by atoms with E-state index in [4.69, 9.17) is 9.63 Å². The Labute approximate surface area is 148 Å². The number of benzene rings is 1. The number of anilines is 1. The van der Waals surface area contributed by atoms with Crippen molar-refractivity contribution in [3.8, 4) is 0 Å². The van der Waals surface area contributed by atoms with Crippen LogP contribution in [0.25, 0.3) is 0 Å². The average molecular weight is 367 g/mol. The van der Waals surface area contributed by atoms with E-state index in [9.17, 15) is 18.4 Å². The Morgan fingerprint density at radius 1 is 1.23 bits per heavy atom. The number of carbonyl (C=O) groups excluding carboxylic acids is 2. The minimum atomic E-state index is -0.847. The zero-order chi connectivity index (χ0) is 19.1. The molecule has 1 heterocycles. The first-order valence-electron chi connectivity index (χ1n) is 8.03. The van der Waals surface area contributed by atoms with E-state index in [-0.39, 0.29) is 30.2 Å². The Bertz CT molecular complexity index is 759. The number of halogens is 2. The summed E-state index contributed by atoms with van der Waals surface area (Å²) in [4.78, 5) is 24.4. The van der Waals surface area contributed by atoms with Gasteiger partial charge in [-0.1, -0.05) is 18.5 Å². The third kappa shape index (κ3) is 5.62. The van der Waals surface area contributed by atoms with Gasteiger partial charge in [-0.05, 0) is 24.1 Å². The van der Waals surface area contributed by atoms with Crippen LogP contribution in [-0.2, 0) is 22.6 Å². The van der Waals surface area contributed by atoms with Gasteiger partial charge in [0.25, 0.3) is 0 Å². The Morgan fingerprint density at radius 3 is 2.50 bits per heavy atom. The molecule has 9 heteroatoms. The number of nitrogens with zero attached hydrogens (tertiary/aromatic N) is 1. The molecule has 2 aromatic rings. The van der Waals surface area contributed by atoms with Crippen molar-refractivity contribution in [1.82, 2.24) is 10.5 Å². The molecule has 1 unspecified atom stereocenters. The molecule has 1 aromatic heterocycles. The first-order valence-corrected chi connectivity index (χ1v) is 8.03. The van der Waals surface area contributed by atoms with Crippen LogP contribution in [-0.4, -0.2) is 28.1 Å². The summed E-state index contributed by atoms with van der Waals surface area (Å²) in [5, 5.41) is 17.5. The van der Waals surface area contributed by atoms with Crippen molar-refractivity contribution >= 4 is 17.6 Å². The molecule has 140 valence electrons. The van der Waals surface area contributed by atoms with Crippen molar-refractivity contribution in [2.24, 2.45) is 0 Å². The molecule has 0 aliphatic heterocycles. The molecule has 0 saturated heterocycles. The van der Waals surface area contributed by atoms with Gasteiger partial charge in [0.15, 0.2) is 11.6 Å². The molecule has 26 heavy (non-hydrogen) atoms. The van der Waals surface area contributed by atoms with Crippen molar-refractivity contribution < 1.29 is 28.0 Å².